The Morgan fingerprint density at radius 1 is 1.35 bits per heavy atom. The first kappa shape index (κ1) is 12.8. The van der Waals surface area contributed by atoms with Crippen LogP contribution in [-0.4, -0.2) is 55.9 Å². The molecule has 2 fully saturated rings. The second-order valence-electron chi connectivity index (χ2n) is 5.19. The second kappa shape index (κ2) is 4.57. The van der Waals surface area contributed by atoms with Gasteiger partial charge in [-0.3, -0.25) is 9.69 Å². The molecule has 0 aromatic heterocycles. The van der Waals surface area contributed by atoms with Crippen molar-refractivity contribution >= 4 is 15.7 Å². The Hall–Kier alpha value is -0.620. The van der Waals surface area contributed by atoms with Gasteiger partial charge in [-0.1, -0.05) is 0 Å². The van der Waals surface area contributed by atoms with E-state index in [1.807, 2.05) is 0 Å². The van der Waals surface area contributed by atoms with E-state index in [2.05, 4.69) is 10.2 Å². The Morgan fingerprint density at radius 2 is 2.00 bits per heavy atom. The predicted molar refractivity (Wildman–Crippen MR) is 65.4 cm³/mol. The highest BCUT2D eigenvalue weighted by atomic mass is 32.2. The molecular formula is C11H20N2O3S. The number of likely N-dealkylation sites (tertiary alicyclic amines) is 1. The molecule has 1 saturated carbocycles. The van der Waals surface area contributed by atoms with Crippen molar-refractivity contribution in [2.24, 2.45) is 0 Å². The smallest absolute Gasteiger partial charge is 0.238 e. The fourth-order valence-corrected chi connectivity index (χ4v) is 2.65. The minimum atomic E-state index is -3.29. The molecule has 2 aliphatic rings. The molecule has 1 heterocycles. The average molecular weight is 260 g/mol. The lowest BCUT2D eigenvalue weighted by Crippen LogP contribution is -2.44. The number of carbonyl (C=O) groups is 1. The highest BCUT2D eigenvalue weighted by Crippen LogP contribution is 2.29. The molecule has 0 radical (unpaired) electrons. The summed E-state index contributed by atoms with van der Waals surface area (Å²) in [5, 5.41) is 1.89. The van der Waals surface area contributed by atoms with Crippen LogP contribution in [0, 0.1) is 0 Å². The van der Waals surface area contributed by atoms with Crippen molar-refractivity contribution in [1.82, 2.24) is 10.2 Å². The zero-order chi connectivity index (χ0) is 12.6. The summed E-state index contributed by atoms with van der Waals surface area (Å²) in [6, 6.07) is 0.830. The lowest BCUT2D eigenvalue weighted by Gasteiger charge is -2.17. The van der Waals surface area contributed by atoms with Crippen molar-refractivity contribution in [3.8, 4) is 0 Å². The van der Waals surface area contributed by atoms with Crippen molar-refractivity contribution in [2.75, 3.05) is 19.3 Å². The monoisotopic (exact) mass is 260 g/mol. The molecule has 0 spiro atoms. The first-order valence-corrected chi connectivity index (χ1v) is 8.06. The summed E-state index contributed by atoms with van der Waals surface area (Å²) < 4.78 is 22.5. The van der Waals surface area contributed by atoms with E-state index < -0.39 is 15.1 Å². The number of sulfone groups is 1. The third kappa shape index (κ3) is 3.19. The van der Waals surface area contributed by atoms with Gasteiger partial charge in [0.25, 0.3) is 0 Å². The van der Waals surface area contributed by atoms with Crippen molar-refractivity contribution in [1.29, 1.82) is 0 Å². The number of nitrogens with zero attached hydrogens (tertiary/aromatic N) is 1. The molecule has 98 valence electrons. The lowest BCUT2D eigenvalue weighted by atomic mass is 10.2. The largest absolute Gasteiger partial charge is 0.351 e. The molecule has 1 N–H and O–H groups in total. The molecule has 0 bridgehead atoms. The Morgan fingerprint density at radius 3 is 2.53 bits per heavy atom. The highest BCUT2D eigenvalue weighted by Gasteiger charge is 2.35. The second-order valence-corrected chi connectivity index (χ2v) is 7.56. The van der Waals surface area contributed by atoms with E-state index in [1.165, 1.54) is 19.8 Å². The fourth-order valence-electron chi connectivity index (χ4n) is 2.19. The van der Waals surface area contributed by atoms with Crippen molar-refractivity contribution < 1.29 is 13.2 Å². The Balaban J connectivity index is 1.83. The van der Waals surface area contributed by atoms with Gasteiger partial charge in [0.2, 0.25) is 5.91 Å². The molecule has 6 heteroatoms. The van der Waals surface area contributed by atoms with Gasteiger partial charge in [0.15, 0.2) is 9.84 Å². The zero-order valence-electron chi connectivity index (χ0n) is 10.3. The topological polar surface area (TPSA) is 66.5 Å². The summed E-state index contributed by atoms with van der Waals surface area (Å²) in [5.74, 6) is -0.366. The summed E-state index contributed by atoms with van der Waals surface area (Å²) in [7, 11) is -3.29. The van der Waals surface area contributed by atoms with Crippen LogP contribution in [0.25, 0.3) is 0 Å². The molecule has 0 unspecified atom stereocenters. The van der Waals surface area contributed by atoms with E-state index in [1.54, 1.807) is 0 Å². The van der Waals surface area contributed by atoms with Crippen LogP contribution >= 0.6 is 0 Å². The molecule has 2 rings (SSSR count). The average Bonchev–Trinajstić information content (AvgIpc) is 2.98. The quantitative estimate of drug-likeness (QED) is 0.758. The third-order valence-corrected chi connectivity index (χ3v) is 5.14. The summed E-state index contributed by atoms with van der Waals surface area (Å²) in [6.07, 6.45) is 4.56. The van der Waals surface area contributed by atoms with Crippen LogP contribution in [0.1, 0.15) is 26.2 Å². The third-order valence-electron chi connectivity index (χ3n) is 3.64. The molecule has 1 aliphatic carbocycles. The maximum Gasteiger partial charge on any atom is 0.238 e. The zero-order valence-corrected chi connectivity index (χ0v) is 11.2. The van der Waals surface area contributed by atoms with Crippen LogP contribution in [0.3, 0.4) is 0 Å². The minimum Gasteiger partial charge on any atom is -0.351 e. The molecule has 5 nitrogen and oxygen atoms in total. The lowest BCUT2D eigenvalue weighted by molar-refractivity contribution is -0.121. The van der Waals surface area contributed by atoms with E-state index in [-0.39, 0.29) is 11.9 Å². The van der Waals surface area contributed by atoms with Crippen LogP contribution in [-0.2, 0) is 14.6 Å². The fraction of sp³-hybridized carbons (Fsp3) is 0.909. The summed E-state index contributed by atoms with van der Waals surface area (Å²) in [6.45, 7) is 3.33. The number of nitrogens with one attached hydrogen (secondary N) is 1. The number of carbonyl (C=O) groups excluding carboxylic acids is 1. The number of hydrogen-bond acceptors (Lipinski definition) is 4. The van der Waals surface area contributed by atoms with E-state index in [0.717, 1.165) is 25.8 Å². The first-order chi connectivity index (χ1) is 7.88. The SMILES string of the molecule is C[C@H](C(=O)N[C@H]1CCN(C2CC2)C1)S(C)(=O)=O. The van der Waals surface area contributed by atoms with Gasteiger partial charge in [-0.2, -0.15) is 0 Å². The Bertz CT molecular complexity index is 403. The summed E-state index contributed by atoms with van der Waals surface area (Å²) in [4.78, 5) is 14.1. The van der Waals surface area contributed by atoms with Gasteiger partial charge in [-0.25, -0.2) is 8.42 Å². The molecular weight excluding hydrogens is 240 g/mol. The van der Waals surface area contributed by atoms with Gasteiger partial charge in [0.1, 0.15) is 5.25 Å². The standard InChI is InChI=1S/C11H20N2O3S/c1-8(17(2,15)16)11(14)12-9-5-6-13(7-9)10-3-4-10/h8-10H,3-7H2,1-2H3,(H,12,14)/t8-,9+/m1/s1. The highest BCUT2D eigenvalue weighted by molar-refractivity contribution is 7.92. The summed E-state index contributed by atoms with van der Waals surface area (Å²) >= 11 is 0. The normalized spacial score (nSPS) is 28.0. The van der Waals surface area contributed by atoms with E-state index >= 15 is 0 Å². The first-order valence-electron chi connectivity index (χ1n) is 6.11. The Labute approximate surface area is 102 Å². The van der Waals surface area contributed by atoms with Gasteiger partial charge >= 0.3 is 0 Å². The molecule has 0 aromatic carbocycles. The van der Waals surface area contributed by atoms with E-state index in [4.69, 9.17) is 0 Å². The van der Waals surface area contributed by atoms with Gasteiger partial charge in [-0.05, 0) is 26.2 Å². The van der Waals surface area contributed by atoms with Crippen LogP contribution in [0.4, 0.5) is 0 Å². The predicted octanol–water partition coefficient (Wildman–Crippen LogP) is -0.228. The minimum absolute atomic E-state index is 0.118. The molecule has 2 atom stereocenters. The van der Waals surface area contributed by atoms with E-state index in [0.29, 0.717) is 6.04 Å². The molecule has 1 saturated heterocycles. The summed E-state index contributed by atoms with van der Waals surface area (Å²) in [5.41, 5.74) is 0. The van der Waals surface area contributed by atoms with Gasteiger partial charge in [0, 0.05) is 31.4 Å². The van der Waals surface area contributed by atoms with Crippen LogP contribution in [0.15, 0.2) is 0 Å². The maximum absolute atomic E-state index is 11.7. The van der Waals surface area contributed by atoms with Gasteiger partial charge in [0.05, 0.1) is 0 Å². The van der Waals surface area contributed by atoms with Crippen LogP contribution in [0.2, 0.25) is 0 Å². The van der Waals surface area contributed by atoms with Gasteiger partial charge < -0.3 is 5.32 Å². The molecule has 1 aliphatic heterocycles. The van der Waals surface area contributed by atoms with Gasteiger partial charge in [-0.15, -0.1) is 0 Å². The van der Waals surface area contributed by atoms with E-state index in [9.17, 15) is 13.2 Å². The Kier molecular flexibility index (Phi) is 3.45. The van der Waals surface area contributed by atoms with Crippen LogP contribution < -0.4 is 5.32 Å². The number of rotatable bonds is 4. The van der Waals surface area contributed by atoms with Crippen molar-refractivity contribution in [3.05, 3.63) is 0 Å². The molecule has 17 heavy (non-hydrogen) atoms. The molecule has 1 amide bonds. The number of hydrogen-bond donors (Lipinski definition) is 1. The van der Waals surface area contributed by atoms with Crippen molar-refractivity contribution in [3.63, 3.8) is 0 Å². The number of amides is 1. The molecule has 0 aromatic rings. The van der Waals surface area contributed by atoms with Crippen molar-refractivity contribution in [2.45, 2.75) is 43.5 Å². The van der Waals surface area contributed by atoms with Crippen LogP contribution in [0.5, 0.6) is 0 Å². The maximum atomic E-state index is 11.7.